The Bertz CT molecular complexity index is 298. The molecule has 0 aliphatic heterocycles. The fraction of sp³-hybridized carbons (Fsp3) is 0.143. The first kappa shape index (κ1) is 8.01. The van der Waals surface area contributed by atoms with E-state index in [-0.39, 0.29) is 0 Å². The van der Waals surface area contributed by atoms with Crippen molar-refractivity contribution in [2.45, 2.75) is 6.92 Å². The van der Waals surface area contributed by atoms with Crippen molar-refractivity contribution in [3.8, 4) is 0 Å². The number of carbonyl (C=O) groups is 1. The second-order valence-corrected chi connectivity index (χ2v) is 2.58. The normalized spacial score (nSPS) is 9.64. The van der Waals surface area contributed by atoms with Crippen LogP contribution in [-0.4, -0.2) is 10.9 Å². The van der Waals surface area contributed by atoms with Crippen LogP contribution in [0.3, 0.4) is 0 Å². The first-order valence-corrected chi connectivity index (χ1v) is 3.41. The quantitative estimate of drug-likeness (QED) is 0.687. The van der Waals surface area contributed by atoms with Gasteiger partial charge in [-0.15, -0.1) is 0 Å². The number of nitrogens with zero attached hydrogens (tertiary/aromatic N) is 1. The van der Waals surface area contributed by atoms with E-state index in [1.165, 1.54) is 6.20 Å². The summed E-state index contributed by atoms with van der Waals surface area (Å²) in [6.07, 6.45) is 1.41. The average Bonchev–Trinajstić information content (AvgIpc) is 1.94. The molecule has 0 atom stereocenters. The van der Waals surface area contributed by atoms with E-state index in [9.17, 15) is 4.79 Å². The monoisotopic (exact) mass is 170 g/mol. The average molecular weight is 171 g/mol. The van der Waals surface area contributed by atoms with E-state index in [4.69, 9.17) is 17.3 Å². The van der Waals surface area contributed by atoms with E-state index in [2.05, 4.69) is 4.98 Å². The van der Waals surface area contributed by atoms with Crippen molar-refractivity contribution in [2.75, 3.05) is 0 Å². The lowest BCUT2D eigenvalue weighted by atomic mass is 10.2. The van der Waals surface area contributed by atoms with Crippen molar-refractivity contribution in [1.29, 1.82) is 0 Å². The van der Waals surface area contributed by atoms with Crippen LogP contribution in [0.2, 0.25) is 5.02 Å². The van der Waals surface area contributed by atoms with Gasteiger partial charge < -0.3 is 5.73 Å². The Hall–Kier alpha value is -1.09. The van der Waals surface area contributed by atoms with E-state index in [0.717, 1.165) is 5.69 Å². The number of aryl methyl sites for hydroxylation is 1. The number of rotatable bonds is 1. The molecular formula is C7H7ClN2O. The summed E-state index contributed by atoms with van der Waals surface area (Å²) < 4.78 is 0. The number of hydrogen-bond acceptors (Lipinski definition) is 2. The van der Waals surface area contributed by atoms with E-state index in [1.54, 1.807) is 13.0 Å². The maximum Gasteiger partial charge on any atom is 0.250 e. The Balaban J connectivity index is 3.23. The minimum Gasteiger partial charge on any atom is -0.366 e. The van der Waals surface area contributed by atoms with Crippen molar-refractivity contribution < 1.29 is 4.79 Å². The molecule has 1 heterocycles. The van der Waals surface area contributed by atoms with Gasteiger partial charge in [0.05, 0.1) is 10.6 Å². The standard InChI is InChI=1S/C7H7ClN2O/c1-4-2-5(7(9)11)6(8)3-10-4/h2-3H,1H3,(H2,9,11). The van der Waals surface area contributed by atoms with Crippen LogP contribution < -0.4 is 5.73 Å². The zero-order valence-corrected chi connectivity index (χ0v) is 6.72. The number of hydrogen-bond donors (Lipinski definition) is 1. The molecule has 1 amide bonds. The number of primary amides is 1. The Morgan fingerprint density at radius 3 is 2.82 bits per heavy atom. The summed E-state index contributed by atoms with van der Waals surface area (Å²) in [7, 11) is 0. The van der Waals surface area contributed by atoms with Crippen LogP contribution in [0.4, 0.5) is 0 Å². The fourth-order valence-electron chi connectivity index (χ4n) is 0.732. The minimum absolute atomic E-state index is 0.295. The largest absolute Gasteiger partial charge is 0.366 e. The summed E-state index contributed by atoms with van der Waals surface area (Å²) in [5, 5.41) is 0.295. The number of halogens is 1. The molecule has 0 saturated heterocycles. The van der Waals surface area contributed by atoms with Gasteiger partial charge in [0.2, 0.25) is 5.91 Å². The van der Waals surface area contributed by atoms with Gasteiger partial charge in [-0.05, 0) is 13.0 Å². The third-order valence-electron chi connectivity index (χ3n) is 1.26. The molecular weight excluding hydrogens is 164 g/mol. The van der Waals surface area contributed by atoms with Crippen LogP contribution in [-0.2, 0) is 0 Å². The molecule has 0 aliphatic carbocycles. The van der Waals surface area contributed by atoms with E-state index < -0.39 is 5.91 Å². The third-order valence-corrected chi connectivity index (χ3v) is 1.56. The molecule has 58 valence electrons. The van der Waals surface area contributed by atoms with Gasteiger partial charge in [-0.25, -0.2) is 0 Å². The van der Waals surface area contributed by atoms with Crippen LogP contribution in [0.25, 0.3) is 0 Å². The van der Waals surface area contributed by atoms with Crippen LogP contribution >= 0.6 is 11.6 Å². The van der Waals surface area contributed by atoms with Gasteiger partial charge in [-0.1, -0.05) is 11.6 Å². The van der Waals surface area contributed by atoms with Crippen molar-refractivity contribution >= 4 is 17.5 Å². The molecule has 0 aromatic carbocycles. The molecule has 2 N–H and O–H groups in total. The van der Waals surface area contributed by atoms with Crippen LogP contribution in [0, 0.1) is 6.92 Å². The first-order chi connectivity index (χ1) is 5.11. The summed E-state index contributed by atoms with van der Waals surface area (Å²) in [5.41, 5.74) is 6.08. The predicted octanol–water partition coefficient (Wildman–Crippen LogP) is 1.14. The zero-order valence-electron chi connectivity index (χ0n) is 5.97. The van der Waals surface area contributed by atoms with Gasteiger partial charge in [0.25, 0.3) is 0 Å². The SMILES string of the molecule is Cc1cc(C(N)=O)c(Cl)cn1. The fourth-order valence-corrected chi connectivity index (χ4v) is 0.928. The highest BCUT2D eigenvalue weighted by atomic mass is 35.5. The molecule has 0 fully saturated rings. The second kappa shape index (κ2) is 2.88. The number of pyridine rings is 1. The highest BCUT2D eigenvalue weighted by molar-refractivity contribution is 6.33. The Morgan fingerprint density at radius 2 is 2.36 bits per heavy atom. The molecule has 0 radical (unpaired) electrons. The second-order valence-electron chi connectivity index (χ2n) is 2.17. The van der Waals surface area contributed by atoms with Gasteiger partial charge in [0.15, 0.2) is 0 Å². The molecule has 0 aliphatic rings. The maximum atomic E-state index is 10.7. The number of aromatic nitrogens is 1. The lowest BCUT2D eigenvalue weighted by Gasteiger charge is -1.98. The highest BCUT2D eigenvalue weighted by Crippen LogP contribution is 2.13. The van der Waals surface area contributed by atoms with Crippen molar-refractivity contribution in [3.63, 3.8) is 0 Å². The van der Waals surface area contributed by atoms with Crippen LogP contribution in [0.5, 0.6) is 0 Å². The Kier molecular flexibility index (Phi) is 2.10. The number of nitrogens with two attached hydrogens (primary N) is 1. The smallest absolute Gasteiger partial charge is 0.250 e. The predicted molar refractivity (Wildman–Crippen MR) is 42.5 cm³/mol. The van der Waals surface area contributed by atoms with E-state index in [0.29, 0.717) is 10.6 Å². The van der Waals surface area contributed by atoms with Crippen LogP contribution in [0.15, 0.2) is 12.3 Å². The molecule has 0 unspecified atom stereocenters. The minimum atomic E-state index is -0.527. The summed E-state index contributed by atoms with van der Waals surface area (Å²) in [6.45, 7) is 1.77. The number of carbonyl (C=O) groups excluding carboxylic acids is 1. The van der Waals surface area contributed by atoms with E-state index >= 15 is 0 Å². The van der Waals surface area contributed by atoms with E-state index in [1.807, 2.05) is 0 Å². The Labute approximate surface area is 69.2 Å². The third kappa shape index (κ3) is 1.68. The highest BCUT2D eigenvalue weighted by Gasteiger charge is 2.05. The molecule has 0 bridgehead atoms. The van der Waals surface area contributed by atoms with Crippen molar-refractivity contribution in [3.05, 3.63) is 28.5 Å². The summed E-state index contributed by atoms with van der Waals surface area (Å²) >= 11 is 5.63. The van der Waals surface area contributed by atoms with Crippen molar-refractivity contribution in [2.24, 2.45) is 5.73 Å². The van der Waals surface area contributed by atoms with Crippen LogP contribution in [0.1, 0.15) is 16.1 Å². The topological polar surface area (TPSA) is 56.0 Å². The molecule has 1 aromatic rings. The molecule has 1 rings (SSSR count). The van der Waals surface area contributed by atoms with Crippen molar-refractivity contribution in [1.82, 2.24) is 4.98 Å². The Morgan fingerprint density at radius 1 is 1.73 bits per heavy atom. The maximum absolute atomic E-state index is 10.7. The van der Waals surface area contributed by atoms with Gasteiger partial charge in [0, 0.05) is 11.9 Å². The van der Waals surface area contributed by atoms with Gasteiger partial charge in [0.1, 0.15) is 0 Å². The first-order valence-electron chi connectivity index (χ1n) is 3.03. The molecule has 1 aromatic heterocycles. The van der Waals surface area contributed by atoms with Gasteiger partial charge in [-0.3, -0.25) is 9.78 Å². The summed E-state index contributed by atoms with van der Waals surface area (Å²) in [6, 6.07) is 1.56. The zero-order chi connectivity index (χ0) is 8.43. The van der Waals surface area contributed by atoms with Gasteiger partial charge in [-0.2, -0.15) is 0 Å². The molecule has 0 spiro atoms. The summed E-state index contributed by atoms with van der Waals surface area (Å²) in [4.78, 5) is 14.6. The van der Waals surface area contributed by atoms with Gasteiger partial charge >= 0.3 is 0 Å². The molecule has 4 heteroatoms. The molecule has 11 heavy (non-hydrogen) atoms. The lowest BCUT2D eigenvalue weighted by Crippen LogP contribution is -2.12. The molecule has 0 saturated carbocycles. The number of amides is 1. The summed E-state index contributed by atoms with van der Waals surface area (Å²) in [5.74, 6) is -0.527. The molecule has 3 nitrogen and oxygen atoms in total. The lowest BCUT2D eigenvalue weighted by molar-refractivity contribution is 0.100.